The van der Waals surface area contributed by atoms with Gasteiger partial charge in [0.15, 0.2) is 15.0 Å². The number of carbonyl (C=O) groups is 1. The number of amidine groups is 1. The molecule has 2 aliphatic heterocycles. The summed E-state index contributed by atoms with van der Waals surface area (Å²) in [6.45, 7) is 3.12. The van der Waals surface area contributed by atoms with Crippen molar-refractivity contribution in [1.82, 2.24) is 5.32 Å². The molecule has 0 saturated carbocycles. The van der Waals surface area contributed by atoms with Gasteiger partial charge >= 0.3 is 0 Å². The molecule has 0 bridgehead atoms. The number of nitrogens with zero attached hydrogens (tertiary/aromatic N) is 1. The highest BCUT2D eigenvalue weighted by molar-refractivity contribution is 8.15. The van der Waals surface area contributed by atoms with Crippen LogP contribution in [0.2, 0.25) is 0 Å². The molecule has 1 amide bonds. The summed E-state index contributed by atoms with van der Waals surface area (Å²) in [7, 11) is -2.97. The van der Waals surface area contributed by atoms with Crippen molar-refractivity contribution in [3.63, 3.8) is 0 Å². The first-order chi connectivity index (χ1) is 14.9. The van der Waals surface area contributed by atoms with Gasteiger partial charge in [0.2, 0.25) is 0 Å². The summed E-state index contributed by atoms with van der Waals surface area (Å²) in [6, 6.07) is 14.9. The van der Waals surface area contributed by atoms with Gasteiger partial charge in [-0.15, -0.1) is 0 Å². The lowest BCUT2D eigenvalue weighted by Gasteiger charge is -2.10. The summed E-state index contributed by atoms with van der Waals surface area (Å²) in [5.74, 6) is 0.994. The zero-order valence-electron chi connectivity index (χ0n) is 17.2. The fourth-order valence-corrected chi connectivity index (χ4v) is 7.30. The topological polar surface area (TPSA) is 96.9 Å². The van der Waals surface area contributed by atoms with Crippen molar-refractivity contribution in [3.05, 3.63) is 59.7 Å². The summed E-state index contributed by atoms with van der Waals surface area (Å²) in [6.07, 6.45) is 0.731. The number of aliphatic imine (C=N–C) groups is 1. The van der Waals surface area contributed by atoms with E-state index in [9.17, 15) is 13.2 Å². The van der Waals surface area contributed by atoms with Crippen molar-refractivity contribution in [3.8, 4) is 5.75 Å². The number of sulfone groups is 1. The van der Waals surface area contributed by atoms with Crippen LogP contribution in [0, 0.1) is 0 Å². The predicted molar refractivity (Wildman–Crippen MR) is 125 cm³/mol. The lowest BCUT2D eigenvalue weighted by atomic mass is 10.1. The largest absolute Gasteiger partial charge is 0.494 e. The number of benzene rings is 2. The number of amides is 1. The number of ether oxygens (including phenoxy) is 1. The second kappa shape index (κ2) is 9.32. The monoisotopic (exact) mass is 459 g/mol. The number of rotatable bonds is 7. The molecule has 7 nitrogen and oxygen atoms in total. The van der Waals surface area contributed by atoms with Gasteiger partial charge in [-0.05, 0) is 49.2 Å². The number of carbonyl (C=O) groups excluding carboxylic acids is 1. The number of nitrogens with one attached hydrogen (secondary N) is 2. The van der Waals surface area contributed by atoms with E-state index < -0.39 is 9.84 Å². The Labute approximate surface area is 186 Å². The number of hydrogen-bond acceptors (Lipinski definition) is 7. The minimum Gasteiger partial charge on any atom is -0.494 e. The normalized spacial score (nSPS) is 21.3. The van der Waals surface area contributed by atoms with Crippen molar-refractivity contribution in [2.45, 2.75) is 24.6 Å². The Balaban J connectivity index is 1.29. The van der Waals surface area contributed by atoms with Crippen LogP contribution in [-0.2, 0) is 16.3 Å². The Bertz CT molecular complexity index is 1080. The average Bonchev–Trinajstić information content (AvgIpc) is 3.22. The van der Waals surface area contributed by atoms with Crippen LogP contribution in [-0.4, -0.2) is 55.4 Å². The first-order valence-corrected chi connectivity index (χ1v) is 12.9. The van der Waals surface area contributed by atoms with Crippen LogP contribution in [0.4, 0.5) is 5.69 Å². The van der Waals surface area contributed by atoms with Gasteiger partial charge in [0.1, 0.15) is 5.75 Å². The molecule has 0 aliphatic carbocycles. The summed E-state index contributed by atoms with van der Waals surface area (Å²) in [4.78, 5) is 17.0. The van der Waals surface area contributed by atoms with E-state index in [1.165, 1.54) is 11.8 Å². The molecule has 2 N–H and O–H groups in total. The lowest BCUT2D eigenvalue weighted by Crippen LogP contribution is -2.25. The van der Waals surface area contributed by atoms with Gasteiger partial charge in [0, 0.05) is 23.0 Å². The van der Waals surface area contributed by atoms with Crippen LogP contribution in [0.3, 0.4) is 0 Å². The molecule has 1 saturated heterocycles. The summed E-state index contributed by atoms with van der Waals surface area (Å²) < 4.78 is 28.8. The van der Waals surface area contributed by atoms with E-state index in [0.717, 1.165) is 23.4 Å². The molecule has 0 aromatic heterocycles. The molecule has 4 rings (SSSR count). The molecular weight excluding hydrogens is 434 g/mol. The molecular formula is C22H25N3O4S2. The lowest BCUT2D eigenvalue weighted by molar-refractivity contribution is 0.0954. The van der Waals surface area contributed by atoms with Gasteiger partial charge in [-0.3, -0.25) is 9.79 Å². The Morgan fingerprint density at radius 2 is 2.00 bits per heavy atom. The highest BCUT2D eigenvalue weighted by Crippen LogP contribution is 2.34. The third kappa shape index (κ3) is 5.59. The van der Waals surface area contributed by atoms with Crippen molar-refractivity contribution in [1.29, 1.82) is 0 Å². The Morgan fingerprint density at radius 1 is 1.19 bits per heavy atom. The molecule has 2 heterocycles. The quantitative estimate of drug-likeness (QED) is 0.661. The molecule has 1 fully saturated rings. The summed E-state index contributed by atoms with van der Waals surface area (Å²) in [5.41, 5.74) is 2.44. The van der Waals surface area contributed by atoms with Gasteiger partial charge in [0.05, 0.1) is 24.2 Å². The molecule has 2 atom stereocenters. The Morgan fingerprint density at radius 3 is 2.74 bits per heavy atom. The molecule has 9 heteroatoms. The van der Waals surface area contributed by atoms with E-state index in [4.69, 9.17) is 4.74 Å². The van der Waals surface area contributed by atoms with Gasteiger partial charge < -0.3 is 15.4 Å². The minimum absolute atomic E-state index is 0.0124. The maximum atomic E-state index is 12.5. The third-order valence-corrected chi connectivity index (χ3v) is 8.27. The van der Waals surface area contributed by atoms with Crippen molar-refractivity contribution >= 4 is 38.4 Å². The molecule has 164 valence electrons. The van der Waals surface area contributed by atoms with Crippen LogP contribution in [0.25, 0.3) is 0 Å². The number of hydrogen-bond donors (Lipinski definition) is 2. The number of anilines is 1. The average molecular weight is 460 g/mol. The molecule has 31 heavy (non-hydrogen) atoms. The Hall–Kier alpha value is -2.52. The second-order valence-corrected chi connectivity index (χ2v) is 10.9. The molecule has 2 aromatic rings. The van der Waals surface area contributed by atoms with E-state index in [-0.39, 0.29) is 28.7 Å². The van der Waals surface area contributed by atoms with Gasteiger partial charge in [-0.2, -0.15) is 0 Å². The second-order valence-electron chi connectivity index (χ2n) is 7.52. The molecule has 0 unspecified atom stereocenters. The third-order valence-electron chi connectivity index (χ3n) is 5.13. The van der Waals surface area contributed by atoms with Crippen LogP contribution in [0.1, 0.15) is 22.8 Å². The van der Waals surface area contributed by atoms with E-state index in [1.807, 2.05) is 43.3 Å². The van der Waals surface area contributed by atoms with Crippen LogP contribution >= 0.6 is 11.8 Å². The highest BCUT2D eigenvalue weighted by atomic mass is 32.2. The van der Waals surface area contributed by atoms with Gasteiger partial charge in [-0.25, -0.2) is 8.42 Å². The van der Waals surface area contributed by atoms with E-state index >= 15 is 0 Å². The maximum Gasteiger partial charge on any atom is 0.251 e. The predicted octanol–water partition coefficient (Wildman–Crippen LogP) is 2.74. The number of thioether (sulfide) groups is 1. The van der Waals surface area contributed by atoms with Crippen molar-refractivity contribution < 1.29 is 17.9 Å². The van der Waals surface area contributed by atoms with E-state index in [0.29, 0.717) is 23.9 Å². The van der Waals surface area contributed by atoms with Gasteiger partial charge in [0.25, 0.3) is 5.91 Å². The molecule has 0 spiro atoms. The van der Waals surface area contributed by atoms with Crippen molar-refractivity contribution in [2.24, 2.45) is 4.99 Å². The summed E-state index contributed by atoms with van der Waals surface area (Å²) >= 11 is 1.46. The smallest absolute Gasteiger partial charge is 0.251 e. The first kappa shape index (κ1) is 21.7. The highest BCUT2D eigenvalue weighted by Gasteiger charge is 2.42. The maximum absolute atomic E-state index is 12.5. The molecule has 0 radical (unpaired) electrons. The van der Waals surface area contributed by atoms with Crippen LogP contribution in [0.5, 0.6) is 5.75 Å². The minimum atomic E-state index is -2.97. The van der Waals surface area contributed by atoms with E-state index in [1.54, 1.807) is 12.1 Å². The number of fused-ring (bicyclic) bond motifs is 1. The van der Waals surface area contributed by atoms with Gasteiger partial charge in [-0.1, -0.05) is 30.0 Å². The van der Waals surface area contributed by atoms with Crippen LogP contribution < -0.4 is 15.4 Å². The van der Waals surface area contributed by atoms with Crippen molar-refractivity contribution in [2.75, 3.05) is 30.0 Å². The SMILES string of the molecule is CCOc1ccc(CCNC(=O)c2cccc(NC3=N[C@H]4CS(=O)(=O)C[C@@H]4S3)c2)cc1. The fraction of sp³-hybridized carbons (Fsp3) is 0.364. The molecule has 2 aromatic carbocycles. The first-order valence-electron chi connectivity index (χ1n) is 10.2. The zero-order chi connectivity index (χ0) is 21.8. The standard InChI is InChI=1S/C22H25N3O4S2/c1-2-29-18-8-6-15(7-9-18)10-11-23-21(26)16-4-3-5-17(12-16)24-22-25-19-13-31(27,28)14-20(19)30-22/h3-9,12,19-20H,2,10-11,13-14H2,1H3,(H,23,26)(H,24,25)/t19-,20-/m0/s1. The Kier molecular flexibility index (Phi) is 6.52. The zero-order valence-corrected chi connectivity index (χ0v) is 18.8. The van der Waals surface area contributed by atoms with Crippen LogP contribution in [0.15, 0.2) is 53.5 Å². The fourth-order valence-electron chi connectivity index (χ4n) is 3.62. The molecule has 2 aliphatic rings. The van der Waals surface area contributed by atoms with E-state index in [2.05, 4.69) is 15.6 Å². The summed E-state index contributed by atoms with van der Waals surface area (Å²) in [5, 5.41) is 6.86.